The summed E-state index contributed by atoms with van der Waals surface area (Å²) in [6.07, 6.45) is 2.90. The van der Waals surface area contributed by atoms with Crippen molar-refractivity contribution in [1.29, 1.82) is 0 Å². The van der Waals surface area contributed by atoms with Crippen LogP contribution in [0.15, 0.2) is 17.1 Å². The fourth-order valence-electron chi connectivity index (χ4n) is 1.68. The predicted octanol–water partition coefficient (Wildman–Crippen LogP) is 1.34. The number of nitrogens with zero attached hydrogens (tertiary/aromatic N) is 3. The fraction of sp³-hybridized carbons (Fsp3) is 0.714. The number of hydrogen-bond acceptors (Lipinski definition) is 4. The minimum atomic E-state index is -0.0385. The Balaban J connectivity index is 2.45. The van der Waals surface area contributed by atoms with Gasteiger partial charge in [-0.1, -0.05) is 13.8 Å². The number of rotatable bonds is 8. The van der Waals surface area contributed by atoms with E-state index in [1.54, 1.807) is 12.3 Å². The third kappa shape index (κ3) is 5.42. The van der Waals surface area contributed by atoms with E-state index in [9.17, 15) is 4.79 Å². The maximum atomic E-state index is 11.9. The minimum Gasteiger partial charge on any atom is -0.373 e. The van der Waals surface area contributed by atoms with Crippen molar-refractivity contribution in [3.05, 3.63) is 22.6 Å². The predicted molar refractivity (Wildman–Crippen MR) is 79.8 cm³/mol. The molecule has 1 rings (SSSR count). The van der Waals surface area contributed by atoms with Crippen LogP contribution in [0, 0.1) is 5.92 Å². The fourth-order valence-corrected chi connectivity index (χ4v) is 1.68. The zero-order valence-electron chi connectivity index (χ0n) is 12.5. The highest BCUT2D eigenvalue weighted by molar-refractivity contribution is 5.41. The van der Waals surface area contributed by atoms with Crippen molar-refractivity contribution < 1.29 is 0 Å². The zero-order chi connectivity index (χ0) is 14.3. The van der Waals surface area contributed by atoms with E-state index in [1.807, 2.05) is 18.9 Å². The third-order valence-electron chi connectivity index (χ3n) is 3.17. The molecular formula is C14H26N4O. The zero-order valence-corrected chi connectivity index (χ0v) is 12.5. The Hall–Kier alpha value is -1.36. The molecule has 1 heterocycles. The Labute approximate surface area is 115 Å². The van der Waals surface area contributed by atoms with Crippen LogP contribution in [-0.2, 0) is 6.54 Å². The van der Waals surface area contributed by atoms with Crippen molar-refractivity contribution in [1.82, 2.24) is 15.1 Å². The smallest absolute Gasteiger partial charge is 0.268 e. The summed E-state index contributed by atoms with van der Waals surface area (Å²) < 4.78 is 1.51. The van der Waals surface area contributed by atoms with Gasteiger partial charge >= 0.3 is 0 Å². The lowest BCUT2D eigenvalue weighted by Gasteiger charge is -2.16. The van der Waals surface area contributed by atoms with E-state index >= 15 is 0 Å². The van der Waals surface area contributed by atoms with Crippen LogP contribution in [0.5, 0.6) is 0 Å². The molecule has 108 valence electrons. The first kappa shape index (κ1) is 15.7. The first-order valence-corrected chi connectivity index (χ1v) is 7.03. The largest absolute Gasteiger partial charge is 0.373 e. The second-order valence-corrected chi connectivity index (χ2v) is 5.22. The summed E-state index contributed by atoms with van der Waals surface area (Å²) in [6.45, 7) is 9.71. The minimum absolute atomic E-state index is 0.0385. The van der Waals surface area contributed by atoms with Crippen LogP contribution >= 0.6 is 0 Å². The van der Waals surface area contributed by atoms with Crippen molar-refractivity contribution >= 4 is 5.69 Å². The summed E-state index contributed by atoms with van der Waals surface area (Å²) in [5.74, 6) is 0.706. The molecule has 0 amide bonds. The summed E-state index contributed by atoms with van der Waals surface area (Å²) in [5, 5.41) is 7.53. The molecule has 0 spiro atoms. The van der Waals surface area contributed by atoms with E-state index in [2.05, 4.69) is 24.3 Å². The molecule has 0 saturated heterocycles. The van der Waals surface area contributed by atoms with E-state index in [1.165, 1.54) is 4.68 Å². The van der Waals surface area contributed by atoms with Crippen LogP contribution in [0.1, 0.15) is 27.2 Å². The maximum Gasteiger partial charge on any atom is 0.268 e. The first-order valence-electron chi connectivity index (χ1n) is 7.03. The molecule has 0 aliphatic heterocycles. The van der Waals surface area contributed by atoms with Crippen LogP contribution in [0.4, 0.5) is 5.69 Å². The molecule has 5 nitrogen and oxygen atoms in total. The van der Waals surface area contributed by atoms with Crippen molar-refractivity contribution in [3.63, 3.8) is 0 Å². The van der Waals surface area contributed by atoms with Gasteiger partial charge in [-0.25, -0.2) is 4.68 Å². The lowest BCUT2D eigenvalue weighted by atomic mass is 10.1. The molecule has 1 aromatic heterocycles. The molecule has 1 N–H and O–H groups in total. The third-order valence-corrected chi connectivity index (χ3v) is 3.17. The van der Waals surface area contributed by atoms with Gasteiger partial charge < -0.3 is 10.2 Å². The number of hydrogen-bond donors (Lipinski definition) is 1. The molecular weight excluding hydrogens is 240 g/mol. The van der Waals surface area contributed by atoms with Crippen LogP contribution in [0.3, 0.4) is 0 Å². The van der Waals surface area contributed by atoms with Gasteiger partial charge in [-0.15, -0.1) is 0 Å². The summed E-state index contributed by atoms with van der Waals surface area (Å²) in [5.41, 5.74) is 0.833. The van der Waals surface area contributed by atoms with Crippen molar-refractivity contribution in [2.45, 2.75) is 33.7 Å². The van der Waals surface area contributed by atoms with Gasteiger partial charge in [0, 0.05) is 26.2 Å². The van der Waals surface area contributed by atoms with E-state index < -0.39 is 0 Å². The number of aromatic nitrogens is 2. The molecule has 0 fully saturated rings. The SMILES string of the molecule is CCN(C)c1cnn(CCNCCC(C)C)c(=O)c1. The number of nitrogens with one attached hydrogen (secondary N) is 1. The second kappa shape index (κ2) is 7.94. The monoisotopic (exact) mass is 266 g/mol. The first-order chi connectivity index (χ1) is 9.04. The van der Waals surface area contributed by atoms with Crippen LogP contribution < -0.4 is 15.8 Å². The van der Waals surface area contributed by atoms with Gasteiger partial charge in [-0.2, -0.15) is 5.10 Å². The van der Waals surface area contributed by atoms with Gasteiger partial charge in [0.1, 0.15) is 0 Å². The molecule has 0 bridgehead atoms. The molecule has 0 radical (unpaired) electrons. The Morgan fingerprint density at radius 1 is 1.42 bits per heavy atom. The lowest BCUT2D eigenvalue weighted by Crippen LogP contribution is -2.30. The van der Waals surface area contributed by atoms with Crippen LogP contribution in [-0.4, -0.2) is 36.5 Å². The lowest BCUT2D eigenvalue weighted by molar-refractivity contribution is 0.495. The summed E-state index contributed by atoms with van der Waals surface area (Å²) in [6, 6.07) is 1.64. The van der Waals surface area contributed by atoms with Crippen molar-refractivity contribution in [2.75, 3.05) is 31.6 Å². The van der Waals surface area contributed by atoms with Crippen molar-refractivity contribution in [3.8, 4) is 0 Å². The average molecular weight is 266 g/mol. The molecule has 0 aliphatic rings. The van der Waals surface area contributed by atoms with Gasteiger partial charge in [-0.3, -0.25) is 4.79 Å². The van der Waals surface area contributed by atoms with Crippen LogP contribution in [0.25, 0.3) is 0 Å². The van der Waals surface area contributed by atoms with E-state index in [0.717, 1.165) is 31.7 Å². The van der Waals surface area contributed by atoms with Gasteiger partial charge in [0.25, 0.3) is 5.56 Å². The standard InChI is InChI=1S/C14H26N4O/c1-5-17(4)13-10-14(19)18(16-11-13)9-8-15-7-6-12(2)3/h10-12,15H,5-9H2,1-4H3. The topological polar surface area (TPSA) is 50.2 Å². The second-order valence-electron chi connectivity index (χ2n) is 5.22. The average Bonchev–Trinajstić information content (AvgIpc) is 2.38. The Morgan fingerprint density at radius 3 is 2.74 bits per heavy atom. The number of anilines is 1. The molecule has 0 aromatic carbocycles. The summed E-state index contributed by atoms with van der Waals surface area (Å²) >= 11 is 0. The van der Waals surface area contributed by atoms with Gasteiger partial charge in [-0.05, 0) is 25.8 Å². The Morgan fingerprint density at radius 2 is 2.16 bits per heavy atom. The quantitative estimate of drug-likeness (QED) is 0.721. The summed E-state index contributed by atoms with van der Waals surface area (Å²) in [4.78, 5) is 13.9. The molecule has 0 unspecified atom stereocenters. The highest BCUT2D eigenvalue weighted by Gasteiger charge is 2.03. The Kier molecular flexibility index (Phi) is 6.56. The van der Waals surface area contributed by atoms with Gasteiger partial charge in [0.05, 0.1) is 18.4 Å². The van der Waals surface area contributed by atoms with Gasteiger partial charge in [0.15, 0.2) is 0 Å². The van der Waals surface area contributed by atoms with E-state index in [4.69, 9.17) is 0 Å². The molecule has 0 aliphatic carbocycles. The highest BCUT2D eigenvalue weighted by Crippen LogP contribution is 2.05. The van der Waals surface area contributed by atoms with Gasteiger partial charge in [0.2, 0.25) is 0 Å². The Bertz CT molecular complexity index is 428. The molecule has 5 heteroatoms. The summed E-state index contributed by atoms with van der Waals surface area (Å²) in [7, 11) is 1.95. The molecule has 0 atom stereocenters. The molecule has 19 heavy (non-hydrogen) atoms. The van der Waals surface area contributed by atoms with Crippen molar-refractivity contribution in [2.24, 2.45) is 5.92 Å². The highest BCUT2D eigenvalue weighted by atomic mass is 16.1. The van der Waals surface area contributed by atoms with E-state index in [0.29, 0.717) is 12.5 Å². The maximum absolute atomic E-state index is 11.9. The normalized spacial score (nSPS) is 11.0. The van der Waals surface area contributed by atoms with Crippen LogP contribution in [0.2, 0.25) is 0 Å². The van der Waals surface area contributed by atoms with E-state index in [-0.39, 0.29) is 5.56 Å². The molecule has 1 aromatic rings. The molecule has 0 saturated carbocycles.